The first-order valence-corrected chi connectivity index (χ1v) is 11.8. The molecular formula is C17H23N7O4S2. The minimum absolute atomic E-state index is 0.119. The fraction of sp³-hybridized carbons (Fsp3) is 0.529. The lowest BCUT2D eigenvalue weighted by Crippen LogP contribution is -2.48. The van der Waals surface area contributed by atoms with Crippen molar-refractivity contribution in [3.63, 3.8) is 0 Å². The van der Waals surface area contributed by atoms with Gasteiger partial charge in [-0.1, -0.05) is 11.3 Å². The molecule has 0 aliphatic carbocycles. The van der Waals surface area contributed by atoms with Crippen LogP contribution >= 0.6 is 11.3 Å². The number of ether oxygens (including phenoxy) is 1. The zero-order valence-electron chi connectivity index (χ0n) is 16.5. The highest BCUT2D eigenvalue weighted by Crippen LogP contribution is 2.27. The van der Waals surface area contributed by atoms with Crippen molar-refractivity contribution in [3.05, 3.63) is 18.5 Å². The van der Waals surface area contributed by atoms with Crippen LogP contribution in [0.1, 0.15) is 6.92 Å². The van der Waals surface area contributed by atoms with Crippen molar-refractivity contribution in [2.45, 2.75) is 11.1 Å². The van der Waals surface area contributed by atoms with Gasteiger partial charge in [0, 0.05) is 52.3 Å². The van der Waals surface area contributed by atoms with Crippen LogP contribution in [0.15, 0.2) is 22.7 Å². The Morgan fingerprint density at radius 3 is 2.53 bits per heavy atom. The van der Waals surface area contributed by atoms with Gasteiger partial charge in [-0.15, -0.1) is 5.10 Å². The summed E-state index contributed by atoms with van der Waals surface area (Å²) in [6.45, 7) is 6.05. The standard InChI is InChI=1S/C17H23N7O4S2/c1-13(25)20-17-18-12-16(29-17)30(26,27)24-4-2-23(3-5-24)15-10-14(11-19-21-15)22-6-8-28-9-7-22/h10-12H,2-9H2,1H3,(H,18,20,25). The highest BCUT2D eigenvalue weighted by molar-refractivity contribution is 7.91. The lowest BCUT2D eigenvalue weighted by atomic mass is 10.3. The number of carbonyl (C=O) groups excluding carboxylic acids is 1. The Hall–Kier alpha value is -2.35. The molecule has 2 aliphatic rings. The van der Waals surface area contributed by atoms with Crippen molar-refractivity contribution in [2.24, 2.45) is 0 Å². The molecule has 0 aromatic carbocycles. The van der Waals surface area contributed by atoms with E-state index in [4.69, 9.17) is 4.74 Å². The number of hydrogen-bond acceptors (Lipinski definition) is 10. The molecule has 0 atom stereocenters. The second-order valence-corrected chi connectivity index (χ2v) is 10.1. The van der Waals surface area contributed by atoms with Gasteiger partial charge in [0.25, 0.3) is 10.0 Å². The first-order valence-electron chi connectivity index (χ1n) is 9.57. The molecule has 0 radical (unpaired) electrons. The molecule has 1 amide bonds. The first kappa shape index (κ1) is 20.9. The Balaban J connectivity index is 1.41. The summed E-state index contributed by atoms with van der Waals surface area (Å²) < 4.78 is 32.8. The third-order valence-corrected chi connectivity index (χ3v) is 8.18. The first-order chi connectivity index (χ1) is 14.4. The Morgan fingerprint density at radius 2 is 1.83 bits per heavy atom. The number of nitrogens with one attached hydrogen (secondary N) is 1. The molecule has 11 nitrogen and oxygen atoms in total. The third-order valence-electron chi connectivity index (χ3n) is 4.93. The molecule has 2 fully saturated rings. The number of nitrogens with zero attached hydrogens (tertiary/aromatic N) is 6. The van der Waals surface area contributed by atoms with Crippen LogP contribution in [0.25, 0.3) is 0 Å². The second kappa shape index (κ2) is 8.79. The molecule has 162 valence electrons. The maximum absolute atomic E-state index is 12.9. The van der Waals surface area contributed by atoms with Crippen LogP contribution in [0.2, 0.25) is 0 Å². The number of amides is 1. The van der Waals surface area contributed by atoms with Gasteiger partial charge in [0.15, 0.2) is 15.2 Å². The summed E-state index contributed by atoms with van der Waals surface area (Å²) in [5.41, 5.74) is 0.994. The molecule has 0 saturated carbocycles. The molecule has 4 rings (SSSR count). The average Bonchev–Trinajstić information content (AvgIpc) is 3.23. The minimum atomic E-state index is -3.65. The largest absolute Gasteiger partial charge is 0.378 e. The van der Waals surface area contributed by atoms with E-state index < -0.39 is 10.0 Å². The Morgan fingerprint density at radius 1 is 1.10 bits per heavy atom. The molecule has 0 unspecified atom stereocenters. The summed E-state index contributed by atoms with van der Waals surface area (Å²) in [5.74, 6) is 0.448. The summed E-state index contributed by atoms with van der Waals surface area (Å²) in [6, 6.07) is 1.99. The highest BCUT2D eigenvalue weighted by atomic mass is 32.2. The van der Waals surface area contributed by atoms with Gasteiger partial charge in [0.2, 0.25) is 5.91 Å². The number of thiazole rings is 1. The molecule has 4 heterocycles. The smallest absolute Gasteiger partial charge is 0.254 e. The maximum atomic E-state index is 12.9. The number of morpholine rings is 1. The fourth-order valence-corrected chi connectivity index (χ4v) is 6.02. The summed E-state index contributed by atoms with van der Waals surface area (Å²) >= 11 is 0.952. The van der Waals surface area contributed by atoms with Gasteiger partial charge >= 0.3 is 0 Å². The molecule has 2 aromatic rings. The second-order valence-electron chi connectivity index (χ2n) is 6.93. The number of carbonyl (C=O) groups is 1. The van der Waals surface area contributed by atoms with E-state index in [2.05, 4.69) is 25.4 Å². The van der Waals surface area contributed by atoms with Crippen LogP contribution in [0.3, 0.4) is 0 Å². The van der Waals surface area contributed by atoms with Crippen LogP contribution in [-0.4, -0.2) is 86.3 Å². The summed E-state index contributed by atoms with van der Waals surface area (Å²) in [5, 5.41) is 11.2. The van der Waals surface area contributed by atoms with Crippen molar-refractivity contribution < 1.29 is 17.9 Å². The van der Waals surface area contributed by atoms with E-state index in [1.54, 1.807) is 6.20 Å². The predicted octanol–water partition coefficient (Wildman–Crippen LogP) is 0.239. The van der Waals surface area contributed by atoms with Gasteiger partial charge < -0.3 is 19.9 Å². The molecule has 0 bridgehead atoms. The van der Waals surface area contributed by atoms with Crippen molar-refractivity contribution >= 4 is 43.9 Å². The lowest BCUT2D eigenvalue weighted by molar-refractivity contribution is -0.114. The SMILES string of the molecule is CC(=O)Nc1ncc(S(=O)(=O)N2CCN(c3cc(N4CCOCC4)cnn3)CC2)s1. The number of rotatable bonds is 5. The van der Waals surface area contributed by atoms with E-state index in [1.165, 1.54) is 17.4 Å². The number of anilines is 3. The van der Waals surface area contributed by atoms with Crippen molar-refractivity contribution in [3.8, 4) is 0 Å². The topological polar surface area (TPSA) is 121 Å². The Labute approximate surface area is 178 Å². The maximum Gasteiger partial charge on any atom is 0.254 e. The van der Waals surface area contributed by atoms with Gasteiger partial charge in [-0.3, -0.25) is 4.79 Å². The quantitative estimate of drug-likeness (QED) is 0.678. The molecule has 2 aliphatic heterocycles. The van der Waals surface area contributed by atoms with Crippen LogP contribution in [-0.2, 0) is 19.6 Å². The van der Waals surface area contributed by atoms with E-state index >= 15 is 0 Å². The summed E-state index contributed by atoms with van der Waals surface area (Å²) in [6.07, 6.45) is 3.03. The predicted molar refractivity (Wildman–Crippen MR) is 112 cm³/mol. The third kappa shape index (κ3) is 4.53. The molecule has 2 aromatic heterocycles. The fourth-order valence-electron chi connectivity index (χ4n) is 3.37. The molecule has 1 N–H and O–H groups in total. The molecule has 0 spiro atoms. The van der Waals surface area contributed by atoms with E-state index in [0.717, 1.165) is 35.9 Å². The highest BCUT2D eigenvalue weighted by Gasteiger charge is 2.31. The van der Waals surface area contributed by atoms with E-state index in [-0.39, 0.29) is 15.2 Å². The van der Waals surface area contributed by atoms with Gasteiger partial charge in [-0.25, -0.2) is 13.4 Å². The summed E-state index contributed by atoms with van der Waals surface area (Å²) in [4.78, 5) is 19.4. The van der Waals surface area contributed by atoms with Crippen molar-refractivity contribution in [1.82, 2.24) is 19.5 Å². The Bertz CT molecular complexity index is 999. The van der Waals surface area contributed by atoms with Gasteiger partial charge in [-0.05, 0) is 0 Å². The monoisotopic (exact) mass is 453 g/mol. The Kier molecular flexibility index (Phi) is 6.13. The lowest BCUT2D eigenvalue weighted by Gasteiger charge is -2.34. The van der Waals surface area contributed by atoms with Crippen molar-refractivity contribution in [1.29, 1.82) is 0 Å². The van der Waals surface area contributed by atoms with Crippen molar-refractivity contribution in [2.75, 3.05) is 67.6 Å². The van der Waals surface area contributed by atoms with Crippen LogP contribution < -0.4 is 15.1 Å². The number of hydrogen-bond donors (Lipinski definition) is 1. The number of aromatic nitrogens is 3. The number of sulfonamides is 1. The molecule has 2 saturated heterocycles. The van der Waals surface area contributed by atoms with Gasteiger partial charge in [0.1, 0.15) is 0 Å². The normalized spacial score (nSPS) is 18.4. The molecule has 30 heavy (non-hydrogen) atoms. The van der Waals surface area contributed by atoms with E-state index in [1.807, 2.05) is 11.0 Å². The van der Waals surface area contributed by atoms with Gasteiger partial charge in [0.05, 0.1) is 31.3 Å². The molecular weight excluding hydrogens is 430 g/mol. The van der Waals surface area contributed by atoms with E-state index in [9.17, 15) is 13.2 Å². The zero-order chi connectivity index (χ0) is 21.1. The zero-order valence-corrected chi connectivity index (χ0v) is 18.2. The minimum Gasteiger partial charge on any atom is -0.378 e. The van der Waals surface area contributed by atoms with Crippen LogP contribution in [0.4, 0.5) is 16.6 Å². The van der Waals surface area contributed by atoms with Gasteiger partial charge in [-0.2, -0.15) is 9.40 Å². The molecule has 13 heteroatoms. The van der Waals surface area contributed by atoms with Crippen LogP contribution in [0, 0.1) is 0 Å². The number of piperazine rings is 1. The average molecular weight is 454 g/mol. The summed E-state index contributed by atoms with van der Waals surface area (Å²) in [7, 11) is -3.65. The van der Waals surface area contributed by atoms with Crippen LogP contribution in [0.5, 0.6) is 0 Å². The van der Waals surface area contributed by atoms with E-state index in [0.29, 0.717) is 39.4 Å².